The summed E-state index contributed by atoms with van der Waals surface area (Å²) in [7, 11) is 0. The maximum atomic E-state index is 13.8. The third-order valence-electron chi connectivity index (χ3n) is 6.41. The fourth-order valence-electron chi connectivity index (χ4n) is 4.37. The van der Waals surface area contributed by atoms with Gasteiger partial charge >= 0.3 is 6.18 Å². The number of rotatable bonds is 12. The number of halogens is 4. The van der Waals surface area contributed by atoms with Gasteiger partial charge in [0.25, 0.3) is 5.91 Å². The Morgan fingerprint density at radius 2 is 1.88 bits per heavy atom. The molecular weight excluding hydrogens is 603 g/mol. The van der Waals surface area contributed by atoms with Crippen LogP contribution in [-0.2, 0) is 22.3 Å². The highest BCUT2D eigenvalue weighted by atomic mass is 79.9. The lowest BCUT2D eigenvalue weighted by molar-refractivity contribution is -0.137. The number of carbonyl (C=O) groups excluding carboxylic acids is 1. The second kappa shape index (κ2) is 13.3. The summed E-state index contributed by atoms with van der Waals surface area (Å²) in [5, 5.41) is 8.96. The van der Waals surface area contributed by atoms with E-state index in [1.54, 1.807) is 30.3 Å². The van der Waals surface area contributed by atoms with Crippen LogP contribution in [0.25, 0.3) is 0 Å². The van der Waals surface area contributed by atoms with E-state index in [0.717, 1.165) is 16.6 Å². The first kappa shape index (κ1) is 30.3. The number of amides is 1. The number of carbonyl (C=O) groups is 1. The molecule has 4 rings (SSSR count). The topological polar surface area (TPSA) is 92.2 Å². The molecule has 1 amide bonds. The van der Waals surface area contributed by atoms with Gasteiger partial charge < -0.3 is 14.6 Å². The van der Waals surface area contributed by atoms with Crippen LogP contribution in [0.2, 0.25) is 0 Å². The van der Waals surface area contributed by atoms with Gasteiger partial charge in [-0.1, -0.05) is 52.3 Å². The van der Waals surface area contributed by atoms with Crippen molar-refractivity contribution in [1.82, 2.24) is 10.9 Å². The Morgan fingerprint density at radius 1 is 1.15 bits per heavy atom. The number of hydrogen-bond acceptors (Lipinski definition) is 6. The minimum atomic E-state index is -4.47. The van der Waals surface area contributed by atoms with Crippen LogP contribution in [0.4, 0.5) is 13.2 Å². The van der Waals surface area contributed by atoms with Gasteiger partial charge in [-0.2, -0.15) is 13.2 Å². The molecule has 0 spiro atoms. The monoisotopic (exact) mass is 631 g/mol. The summed E-state index contributed by atoms with van der Waals surface area (Å²) >= 11 is 3.42. The summed E-state index contributed by atoms with van der Waals surface area (Å²) in [6.45, 7) is 4.18. The Morgan fingerprint density at radius 3 is 2.54 bits per heavy atom. The molecule has 11 heteroatoms. The summed E-state index contributed by atoms with van der Waals surface area (Å²) in [5.74, 6) is 0.324. The van der Waals surface area contributed by atoms with Crippen molar-refractivity contribution in [2.75, 3.05) is 13.2 Å². The van der Waals surface area contributed by atoms with Gasteiger partial charge in [-0.15, -0.1) is 6.58 Å². The molecule has 0 aromatic heterocycles. The molecule has 1 heterocycles. The van der Waals surface area contributed by atoms with E-state index in [1.165, 1.54) is 12.1 Å². The molecule has 3 aromatic rings. The van der Waals surface area contributed by atoms with Crippen LogP contribution in [0.3, 0.4) is 0 Å². The van der Waals surface area contributed by atoms with E-state index >= 15 is 0 Å². The van der Waals surface area contributed by atoms with E-state index in [2.05, 4.69) is 33.4 Å². The first-order valence-corrected chi connectivity index (χ1v) is 13.6. The lowest BCUT2D eigenvalue weighted by Gasteiger charge is -2.29. The van der Waals surface area contributed by atoms with E-state index in [9.17, 15) is 18.0 Å². The fraction of sp³-hybridized carbons (Fsp3) is 0.267. The summed E-state index contributed by atoms with van der Waals surface area (Å²) in [5.41, 5.74) is 4.80. The smallest absolute Gasteiger partial charge is 0.416 e. The van der Waals surface area contributed by atoms with Crippen LogP contribution in [0.1, 0.15) is 41.2 Å². The Kier molecular flexibility index (Phi) is 9.85. The molecule has 0 saturated heterocycles. The third kappa shape index (κ3) is 7.35. The second-order valence-corrected chi connectivity index (χ2v) is 10.3. The van der Waals surface area contributed by atoms with Gasteiger partial charge in [0.15, 0.2) is 11.6 Å². The molecule has 0 saturated carbocycles. The molecule has 2 atom stereocenters. The molecule has 41 heavy (non-hydrogen) atoms. The largest absolute Gasteiger partial charge is 0.494 e. The third-order valence-corrected chi connectivity index (χ3v) is 6.94. The first-order valence-electron chi connectivity index (χ1n) is 12.8. The molecular formula is C30H29BrF3N3O4. The van der Waals surface area contributed by atoms with Gasteiger partial charge in [-0.05, 0) is 53.6 Å². The van der Waals surface area contributed by atoms with Crippen LogP contribution in [0.15, 0.2) is 94.9 Å². The van der Waals surface area contributed by atoms with Gasteiger partial charge in [-0.25, -0.2) is 10.4 Å². The van der Waals surface area contributed by atoms with E-state index in [4.69, 9.17) is 19.6 Å². The van der Waals surface area contributed by atoms with Gasteiger partial charge in [-0.3, -0.25) is 10.2 Å². The molecule has 7 nitrogen and oxygen atoms in total. The Balaban J connectivity index is 1.59. The molecule has 3 aromatic carbocycles. The van der Waals surface area contributed by atoms with E-state index < -0.39 is 29.3 Å². The molecule has 0 radical (unpaired) electrons. The average Bonchev–Trinajstić information content (AvgIpc) is 3.34. The molecule has 0 fully saturated rings. The quantitative estimate of drug-likeness (QED) is 0.132. The summed E-state index contributed by atoms with van der Waals surface area (Å²) in [6.07, 6.45) is -3.09. The molecule has 216 valence electrons. The van der Waals surface area contributed by atoms with Crippen molar-refractivity contribution in [3.63, 3.8) is 0 Å². The summed E-state index contributed by atoms with van der Waals surface area (Å²) < 4.78 is 52.1. The standard InChI is InChI=1S/C30H29BrF3N3O4/c1-2-15-29(28(39)37-35-19-20-5-3-6-23(18-20)30(32,33)34)26(21-7-11-24(31)12-8-21)41-27(36-29)22-9-13-25(14-10-22)40-17-4-16-38/h2-3,5-14,18,26,35,38H,1,4,15-17,19H2,(H,37,39)/t26-,29-/m0/s1. The number of aliphatic hydroxyl groups excluding tert-OH is 1. The second-order valence-electron chi connectivity index (χ2n) is 9.34. The number of nitrogens with zero attached hydrogens (tertiary/aromatic N) is 1. The first-order chi connectivity index (χ1) is 19.7. The number of hydrazine groups is 1. The van der Waals surface area contributed by atoms with Crippen LogP contribution in [0.5, 0.6) is 5.75 Å². The molecule has 1 aliphatic rings. The maximum Gasteiger partial charge on any atom is 0.416 e. The zero-order chi connectivity index (χ0) is 29.5. The Labute approximate surface area is 244 Å². The van der Waals surface area contributed by atoms with Crippen LogP contribution < -0.4 is 15.6 Å². The van der Waals surface area contributed by atoms with Gasteiger partial charge in [0.1, 0.15) is 5.75 Å². The normalized spacial score (nSPS) is 18.4. The molecule has 0 bridgehead atoms. The van der Waals surface area contributed by atoms with Crippen molar-refractivity contribution in [2.45, 2.75) is 37.2 Å². The number of nitrogens with one attached hydrogen (secondary N) is 2. The number of hydrogen-bond donors (Lipinski definition) is 3. The van der Waals surface area contributed by atoms with Crippen molar-refractivity contribution in [3.8, 4) is 5.75 Å². The predicted octanol–water partition coefficient (Wildman–Crippen LogP) is 5.88. The van der Waals surface area contributed by atoms with Crippen molar-refractivity contribution in [2.24, 2.45) is 4.99 Å². The van der Waals surface area contributed by atoms with Gasteiger partial charge in [0.2, 0.25) is 5.90 Å². The van der Waals surface area contributed by atoms with Crippen LogP contribution >= 0.6 is 15.9 Å². The number of ether oxygens (including phenoxy) is 2. The number of alkyl halides is 3. The van der Waals surface area contributed by atoms with Gasteiger partial charge in [0.05, 0.1) is 12.2 Å². The Hall–Kier alpha value is -3.67. The highest BCUT2D eigenvalue weighted by molar-refractivity contribution is 9.10. The average molecular weight is 632 g/mol. The van der Waals surface area contributed by atoms with E-state index in [-0.39, 0.29) is 25.5 Å². The fourth-order valence-corrected chi connectivity index (χ4v) is 4.63. The highest BCUT2D eigenvalue weighted by Gasteiger charge is 2.52. The zero-order valence-corrected chi connectivity index (χ0v) is 23.5. The summed E-state index contributed by atoms with van der Waals surface area (Å²) in [6, 6.07) is 19.2. The van der Waals surface area contributed by atoms with Gasteiger partial charge in [0, 0.05) is 36.0 Å². The number of aliphatic imine (C=N–C) groups is 1. The number of benzene rings is 3. The van der Waals surface area contributed by atoms with E-state index in [1.807, 2.05) is 24.3 Å². The molecule has 1 aliphatic heterocycles. The molecule has 0 unspecified atom stereocenters. The summed E-state index contributed by atoms with van der Waals surface area (Å²) in [4.78, 5) is 18.5. The maximum absolute atomic E-state index is 13.8. The van der Waals surface area contributed by atoms with Crippen molar-refractivity contribution in [1.29, 1.82) is 0 Å². The number of aliphatic hydroxyl groups is 1. The van der Waals surface area contributed by atoms with Crippen molar-refractivity contribution in [3.05, 3.63) is 112 Å². The highest BCUT2D eigenvalue weighted by Crippen LogP contribution is 2.43. The Bertz CT molecular complexity index is 1380. The zero-order valence-electron chi connectivity index (χ0n) is 22.0. The molecule has 0 aliphatic carbocycles. The minimum Gasteiger partial charge on any atom is -0.494 e. The predicted molar refractivity (Wildman–Crippen MR) is 152 cm³/mol. The van der Waals surface area contributed by atoms with Crippen molar-refractivity contribution >= 4 is 27.7 Å². The lowest BCUT2D eigenvalue weighted by atomic mass is 9.84. The van der Waals surface area contributed by atoms with E-state index in [0.29, 0.717) is 35.5 Å². The van der Waals surface area contributed by atoms with Crippen molar-refractivity contribution < 1.29 is 32.5 Å². The SMILES string of the molecule is C=CC[C@]1(C(=O)NNCc2cccc(C(F)(F)F)c2)N=C(c2ccc(OCCCO)cc2)O[C@H]1c1ccc(Br)cc1. The molecule has 3 N–H and O–H groups in total. The minimum absolute atomic E-state index is 0.0302. The van der Waals surface area contributed by atoms with Crippen LogP contribution in [0, 0.1) is 0 Å². The lowest BCUT2D eigenvalue weighted by Crippen LogP contribution is -2.52. The van der Waals surface area contributed by atoms with Crippen LogP contribution in [-0.4, -0.2) is 35.7 Å².